The summed E-state index contributed by atoms with van der Waals surface area (Å²) in [6.07, 6.45) is -3.40. The molecule has 2 aliphatic heterocycles. The number of halogens is 1. The highest BCUT2D eigenvalue weighted by Crippen LogP contribution is 2.16. The van der Waals surface area contributed by atoms with E-state index in [1.54, 1.807) is 0 Å². The molecule has 3 atom stereocenters. The molecule has 0 radical (unpaired) electrons. The fourth-order valence-electron chi connectivity index (χ4n) is 2.93. The van der Waals surface area contributed by atoms with Crippen LogP contribution < -0.4 is 0 Å². The standard InChI is InChI=1S/C14H22FN3O5/c1-9-13(21)16(6-7-18(9)14(22)23)5-3-12(20)17-4-2-10(15)11(19)8-17/h9-11,19H,2-8H2,1H3,(H,22,23)/t9-,10+,11+/m0/s1. The van der Waals surface area contributed by atoms with Gasteiger partial charge in [0.1, 0.15) is 18.3 Å². The molecule has 0 aromatic rings. The molecule has 0 aliphatic carbocycles. The summed E-state index contributed by atoms with van der Waals surface area (Å²) in [4.78, 5) is 39.2. The van der Waals surface area contributed by atoms with E-state index in [0.29, 0.717) is 0 Å². The highest BCUT2D eigenvalue weighted by atomic mass is 19.1. The van der Waals surface area contributed by atoms with Gasteiger partial charge in [0.05, 0.1) is 0 Å². The Balaban J connectivity index is 1.83. The molecule has 9 heteroatoms. The number of carboxylic acid groups (broad SMARTS) is 1. The lowest BCUT2D eigenvalue weighted by Gasteiger charge is -2.38. The zero-order valence-electron chi connectivity index (χ0n) is 13.0. The molecule has 2 fully saturated rings. The molecule has 2 N–H and O–H groups in total. The van der Waals surface area contributed by atoms with Crippen molar-refractivity contribution < 1.29 is 29.0 Å². The number of aliphatic hydroxyl groups is 1. The first-order valence-electron chi connectivity index (χ1n) is 7.69. The van der Waals surface area contributed by atoms with Crippen molar-refractivity contribution >= 4 is 17.9 Å². The van der Waals surface area contributed by atoms with E-state index in [4.69, 9.17) is 5.11 Å². The maximum absolute atomic E-state index is 13.2. The van der Waals surface area contributed by atoms with Crippen LogP contribution in [-0.2, 0) is 9.59 Å². The minimum Gasteiger partial charge on any atom is -0.465 e. The minimum atomic E-state index is -1.30. The molecule has 0 saturated carbocycles. The second-order valence-corrected chi connectivity index (χ2v) is 5.94. The summed E-state index contributed by atoms with van der Waals surface area (Å²) in [6.45, 7) is 2.40. The number of nitrogens with zero attached hydrogens (tertiary/aromatic N) is 3. The van der Waals surface area contributed by atoms with E-state index in [1.807, 2.05) is 0 Å². The molecular formula is C14H22FN3O5. The number of alkyl halides is 1. The van der Waals surface area contributed by atoms with Crippen LogP contribution in [0.3, 0.4) is 0 Å². The zero-order chi connectivity index (χ0) is 17.1. The monoisotopic (exact) mass is 331 g/mol. The van der Waals surface area contributed by atoms with Crippen LogP contribution in [0.4, 0.5) is 9.18 Å². The van der Waals surface area contributed by atoms with Gasteiger partial charge in [-0.05, 0) is 13.3 Å². The predicted molar refractivity (Wildman–Crippen MR) is 77.5 cm³/mol. The molecule has 0 aromatic heterocycles. The van der Waals surface area contributed by atoms with Crippen LogP contribution in [0.15, 0.2) is 0 Å². The summed E-state index contributed by atoms with van der Waals surface area (Å²) in [7, 11) is 0. The third-order valence-corrected chi connectivity index (χ3v) is 4.44. The van der Waals surface area contributed by atoms with E-state index < -0.39 is 24.4 Å². The number of hydrogen-bond acceptors (Lipinski definition) is 4. The lowest BCUT2D eigenvalue weighted by molar-refractivity contribution is -0.142. The van der Waals surface area contributed by atoms with Gasteiger partial charge < -0.3 is 20.0 Å². The number of likely N-dealkylation sites (tertiary alicyclic amines) is 1. The Morgan fingerprint density at radius 3 is 2.61 bits per heavy atom. The lowest BCUT2D eigenvalue weighted by atomic mass is 10.1. The quantitative estimate of drug-likeness (QED) is 0.727. The second-order valence-electron chi connectivity index (χ2n) is 5.94. The second kappa shape index (κ2) is 7.12. The van der Waals surface area contributed by atoms with Gasteiger partial charge in [-0.15, -0.1) is 0 Å². The number of aliphatic hydroxyl groups excluding tert-OH is 1. The minimum absolute atomic E-state index is 0.0306. The number of hydrogen-bond donors (Lipinski definition) is 2. The summed E-state index contributed by atoms with van der Waals surface area (Å²) in [5.74, 6) is -0.564. The molecule has 2 rings (SSSR count). The van der Waals surface area contributed by atoms with E-state index in [2.05, 4.69) is 0 Å². The normalized spacial score (nSPS) is 28.9. The van der Waals surface area contributed by atoms with Crippen LogP contribution in [0.1, 0.15) is 19.8 Å². The smallest absolute Gasteiger partial charge is 0.408 e. The van der Waals surface area contributed by atoms with Crippen LogP contribution in [0.2, 0.25) is 0 Å². The van der Waals surface area contributed by atoms with E-state index in [1.165, 1.54) is 16.7 Å². The van der Waals surface area contributed by atoms with Crippen LogP contribution in [0.25, 0.3) is 0 Å². The Morgan fingerprint density at radius 1 is 1.30 bits per heavy atom. The first-order valence-corrected chi connectivity index (χ1v) is 7.69. The first kappa shape index (κ1) is 17.5. The van der Waals surface area contributed by atoms with Crippen molar-refractivity contribution in [2.75, 3.05) is 32.7 Å². The number of rotatable bonds is 3. The summed E-state index contributed by atoms with van der Waals surface area (Å²) in [5, 5.41) is 18.5. The predicted octanol–water partition coefficient (Wildman–Crippen LogP) is -0.481. The Morgan fingerprint density at radius 2 is 2.00 bits per heavy atom. The number of piperidine rings is 1. The Bertz CT molecular complexity index is 489. The number of carbonyl (C=O) groups is 3. The van der Waals surface area contributed by atoms with E-state index in [9.17, 15) is 23.9 Å². The number of β-amino-alcohol motifs (C(OH)–C–C–N with tert-alkyl or cyclic N) is 1. The fraction of sp³-hybridized carbons (Fsp3) is 0.786. The molecule has 23 heavy (non-hydrogen) atoms. The van der Waals surface area contributed by atoms with E-state index in [-0.39, 0.29) is 57.4 Å². The third-order valence-electron chi connectivity index (χ3n) is 4.44. The van der Waals surface area contributed by atoms with Crippen molar-refractivity contribution in [1.82, 2.24) is 14.7 Å². The van der Waals surface area contributed by atoms with Gasteiger partial charge >= 0.3 is 6.09 Å². The number of piperazine rings is 1. The summed E-state index contributed by atoms with van der Waals surface area (Å²) < 4.78 is 13.2. The largest absolute Gasteiger partial charge is 0.465 e. The van der Waals surface area contributed by atoms with Crippen molar-refractivity contribution in [2.24, 2.45) is 0 Å². The van der Waals surface area contributed by atoms with Crippen molar-refractivity contribution in [2.45, 2.75) is 38.1 Å². The van der Waals surface area contributed by atoms with Crippen LogP contribution in [-0.4, -0.2) is 93.9 Å². The highest BCUT2D eigenvalue weighted by Gasteiger charge is 2.35. The maximum Gasteiger partial charge on any atom is 0.408 e. The number of amides is 3. The first-order chi connectivity index (χ1) is 10.8. The Hall–Kier alpha value is -1.90. The van der Waals surface area contributed by atoms with Gasteiger partial charge in [0.25, 0.3) is 0 Å². The molecule has 0 unspecified atom stereocenters. The maximum atomic E-state index is 13.2. The van der Waals surface area contributed by atoms with Crippen LogP contribution >= 0.6 is 0 Å². The van der Waals surface area contributed by atoms with Crippen molar-refractivity contribution in [3.05, 3.63) is 0 Å². The van der Waals surface area contributed by atoms with Crippen LogP contribution in [0.5, 0.6) is 0 Å². The van der Waals surface area contributed by atoms with Gasteiger partial charge in [-0.2, -0.15) is 0 Å². The van der Waals surface area contributed by atoms with Gasteiger partial charge in [-0.25, -0.2) is 9.18 Å². The average Bonchev–Trinajstić information content (AvgIpc) is 2.50. The van der Waals surface area contributed by atoms with Crippen molar-refractivity contribution in [1.29, 1.82) is 0 Å². The molecule has 2 saturated heterocycles. The van der Waals surface area contributed by atoms with Crippen molar-refractivity contribution in [3.8, 4) is 0 Å². The summed E-state index contributed by atoms with van der Waals surface area (Å²) in [5.41, 5.74) is 0. The Kier molecular flexibility index (Phi) is 5.40. The molecule has 8 nitrogen and oxygen atoms in total. The summed E-state index contributed by atoms with van der Waals surface area (Å²) >= 11 is 0. The molecule has 0 aromatic carbocycles. The fourth-order valence-corrected chi connectivity index (χ4v) is 2.93. The van der Waals surface area contributed by atoms with Gasteiger partial charge in [0.15, 0.2) is 0 Å². The average molecular weight is 331 g/mol. The summed E-state index contributed by atoms with van der Waals surface area (Å²) in [6, 6.07) is -0.763. The molecule has 3 amide bonds. The Labute approximate surface area is 133 Å². The van der Waals surface area contributed by atoms with Crippen molar-refractivity contribution in [3.63, 3.8) is 0 Å². The molecule has 2 heterocycles. The van der Waals surface area contributed by atoms with Gasteiger partial charge in [-0.1, -0.05) is 0 Å². The molecule has 0 bridgehead atoms. The van der Waals surface area contributed by atoms with Crippen LogP contribution in [0, 0.1) is 0 Å². The molecule has 2 aliphatic rings. The van der Waals surface area contributed by atoms with E-state index >= 15 is 0 Å². The molecule has 130 valence electrons. The zero-order valence-corrected chi connectivity index (χ0v) is 13.0. The SMILES string of the molecule is C[C@H]1C(=O)N(CCC(=O)N2CC[C@@H](F)[C@H](O)C2)CCN1C(=O)O. The lowest BCUT2D eigenvalue weighted by Crippen LogP contribution is -2.57. The van der Waals surface area contributed by atoms with E-state index in [0.717, 1.165) is 4.90 Å². The van der Waals surface area contributed by atoms with Gasteiger partial charge in [0.2, 0.25) is 11.8 Å². The highest BCUT2D eigenvalue weighted by molar-refractivity contribution is 5.86. The molecular weight excluding hydrogens is 309 g/mol. The number of carbonyl (C=O) groups excluding carboxylic acids is 2. The third kappa shape index (κ3) is 3.90. The van der Waals surface area contributed by atoms with Gasteiger partial charge in [0, 0.05) is 39.1 Å². The topological polar surface area (TPSA) is 101 Å². The molecule has 0 spiro atoms. The van der Waals surface area contributed by atoms with Gasteiger partial charge in [-0.3, -0.25) is 14.5 Å².